The summed E-state index contributed by atoms with van der Waals surface area (Å²) in [6.45, 7) is 4.12. The molecule has 0 bridgehead atoms. The maximum atomic E-state index is 13.5. The average Bonchev–Trinajstić information content (AvgIpc) is 2.74. The molecule has 0 N–H and O–H groups in total. The molecule has 1 fully saturated rings. The van der Waals surface area contributed by atoms with E-state index in [-0.39, 0.29) is 10.9 Å². The molecule has 6 heteroatoms. The Hall–Kier alpha value is -2.57. The normalized spacial score (nSPS) is 17.8. The molecule has 1 atom stereocenters. The van der Waals surface area contributed by atoms with Gasteiger partial charge in [-0.15, -0.1) is 0 Å². The number of rotatable bonds is 4. The fourth-order valence-corrected chi connectivity index (χ4v) is 6.16. The quantitative estimate of drug-likeness (QED) is 0.562. The number of hydrogen-bond acceptors (Lipinski definition) is 3. The summed E-state index contributed by atoms with van der Waals surface area (Å²) in [5.74, 6) is -0.429. The van der Waals surface area contributed by atoms with Crippen LogP contribution in [0.3, 0.4) is 0 Å². The predicted octanol–water partition coefficient (Wildman–Crippen LogP) is 5.42. The van der Waals surface area contributed by atoms with Gasteiger partial charge in [-0.25, -0.2) is 12.8 Å². The summed E-state index contributed by atoms with van der Waals surface area (Å²) in [4.78, 5) is 4.34. The first-order chi connectivity index (χ1) is 14.4. The number of benzene rings is 2. The molecule has 30 heavy (non-hydrogen) atoms. The number of sulfonamides is 1. The zero-order chi connectivity index (χ0) is 21.3. The largest absolute Gasteiger partial charge is 0.264 e. The third kappa shape index (κ3) is 3.89. The predicted molar refractivity (Wildman–Crippen MR) is 116 cm³/mol. The molecule has 1 aromatic heterocycles. The summed E-state index contributed by atoms with van der Waals surface area (Å²) in [6, 6.07) is 13.7. The van der Waals surface area contributed by atoms with Crippen LogP contribution in [-0.2, 0) is 10.0 Å². The lowest BCUT2D eigenvalue weighted by molar-refractivity contribution is 0.256. The molecule has 2 aromatic carbocycles. The van der Waals surface area contributed by atoms with E-state index in [2.05, 4.69) is 11.1 Å². The summed E-state index contributed by atoms with van der Waals surface area (Å²) < 4.78 is 42.2. The van der Waals surface area contributed by atoms with Crippen molar-refractivity contribution < 1.29 is 12.8 Å². The highest BCUT2D eigenvalue weighted by Crippen LogP contribution is 2.37. The van der Waals surface area contributed by atoms with E-state index in [0.29, 0.717) is 12.1 Å². The minimum Gasteiger partial charge on any atom is -0.264 e. The minimum atomic E-state index is -3.74. The van der Waals surface area contributed by atoms with Crippen LogP contribution in [-0.4, -0.2) is 24.3 Å². The van der Waals surface area contributed by atoms with Crippen LogP contribution in [0.15, 0.2) is 65.8 Å². The second-order valence-electron chi connectivity index (χ2n) is 7.85. The Kier molecular flexibility index (Phi) is 5.71. The van der Waals surface area contributed by atoms with Crippen molar-refractivity contribution in [2.75, 3.05) is 6.54 Å². The molecule has 0 radical (unpaired) electrons. The second-order valence-corrected chi connectivity index (χ2v) is 9.71. The van der Waals surface area contributed by atoms with Crippen molar-refractivity contribution in [1.82, 2.24) is 9.29 Å². The topological polar surface area (TPSA) is 50.3 Å². The molecule has 156 valence electrons. The Balaban J connectivity index is 1.75. The smallest absolute Gasteiger partial charge is 0.243 e. The Morgan fingerprint density at radius 2 is 1.87 bits per heavy atom. The van der Waals surface area contributed by atoms with E-state index >= 15 is 0 Å². The fourth-order valence-electron chi connectivity index (χ4n) is 4.27. The molecular formula is C24H25FN2O2S. The van der Waals surface area contributed by atoms with Crippen molar-refractivity contribution in [3.63, 3.8) is 0 Å². The van der Waals surface area contributed by atoms with Gasteiger partial charge in [0.2, 0.25) is 10.0 Å². The lowest BCUT2D eigenvalue weighted by atomic mass is 9.94. The summed E-state index contributed by atoms with van der Waals surface area (Å²) in [7, 11) is -3.74. The molecule has 2 heterocycles. The van der Waals surface area contributed by atoms with Gasteiger partial charge in [0.1, 0.15) is 5.82 Å². The van der Waals surface area contributed by atoms with E-state index in [0.717, 1.165) is 41.5 Å². The summed E-state index contributed by atoms with van der Waals surface area (Å²) in [6.07, 6.45) is 6.15. The Morgan fingerprint density at radius 3 is 2.63 bits per heavy atom. The van der Waals surface area contributed by atoms with Gasteiger partial charge in [0.15, 0.2) is 0 Å². The molecule has 1 aliphatic heterocycles. The zero-order valence-corrected chi connectivity index (χ0v) is 18.0. The van der Waals surface area contributed by atoms with Crippen LogP contribution >= 0.6 is 0 Å². The van der Waals surface area contributed by atoms with Gasteiger partial charge in [0.25, 0.3) is 0 Å². The van der Waals surface area contributed by atoms with Crippen LogP contribution in [0.2, 0.25) is 0 Å². The van der Waals surface area contributed by atoms with E-state index in [4.69, 9.17) is 0 Å². The van der Waals surface area contributed by atoms with Crippen molar-refractivity contribution in [1.29, 1.82) is 0 Å². The molecular weight excluding hydrogens is 399 g/mol. The zero-order valence-electron chi connectivity index (χ0n) is 17.2. The van der Waals surface area contributed by atoms with Crippen LogP contribution in [0.4, 0.5) is 4.39 Å². The van der Waals surface area contributed by atoms with Gasteiger partial charge in [0.05, 0.1) is 10.9 Å². The van der Waals surface area contributed by atoms with Crippen LogP contribution in [0, 0.1) is 19.7 Å². The number of piperidine rings is 1. The van der Waals surface area contributed by atoms with Crippen LogP contribution in [0.25, 0.3) is 11.1 Å². The molecule has 0 spiro atoms. The molecule has 3 aromatic rings. The third-order valence-electron chi connectivity index (χ3n) is 5.78. The first-order valence-electron chi connectivity index (χ1n) is 10.2. The number of nitrogens with zero attached hydrogens (tertiary/aromatic N) is 2. The molecule has 1 unspecified atom stereocenters. The first kappa shape index (κ1) is 20.7. The van der Waals surface area contributed by atoms with Crippen molar-refractivity contribution in [3.05, 3.63) is 83.4 Å². The summed E-state index contributed by atoms with van der Waals surface area (Å²) in [5, 5.41) is 0. The van der Waals surface area contributed by atoms with Gasteiger partial charge >= 0.3 is 0 Å². The first-order valence-corrected chi connectivity index (χ1v) is 11.6. The van der Waals surface area contributed by atoms with Crippen LogP contribution < -0.4 is 0 Å². The molecule has 0 saturated carbocycles. The lowest BCUT2D eigenvalue weighted by Gasteiger charge is -2.35. The molecule has 1 aliphatic rings. The number of halogens is 1. The highest BCUT2D eigenvalue weighted by molar-refractivity contribution is 7.89. The third-order valence-corrected chi connectivity index (χ3v) is 7.85. The van der Waals surface area contributed by atoms with Gasteiger partial charge < -0.3 is 0 Å². The molecule has 0 aliphatic carbocycles. The fraction of sp³-hybridized carbons (Fsp3) is 0.292. The Labute approximate surface area is 177 Å². The van der Waals surface area contributed by atoms with Gasteiger partial charge in [-0.3, -0.25) is 4.98 Å². The van der Waals surface area contributed by atoms with Crippen LogP contribution in [0.5, 0.6) is 0 Å². The molecule has 0 amide bonds. The van der Waals surface area contributed by atoms with Crippen molar-refractivity contribution in [2.24, 2.45) is 0 Å². The number of hydrogen-bond donors (Lipinski definition) is 0. The highest BCUT2D eigenvalue weighted by Gasteiger charge is 2.35. The SMILES string of the molecule is Cc1cnccc1-c1cccc(C2CCCCN2S(=O)(=O)c2ccc(F)cc2C)c1. The monoisotopic (exact) mass is 424 g/mol. The Morgan fingerprint density at radius 1 is 1.03 bits per heavy atom. The molecule has 4 rings (SSSR count). The van der Waals surface area contributed by atoms with E-state index in [1.165, 1.54) is 18.2 Å². The van der Waals surface area contributed by atoms with E-state index in [9.17, 15) is 12.8 Å². The van der Waals surface area contributed by atoms with Crippen LogP contribution in [0.1, 0.15) is 42.0 Å². The van der Waals surface area contributed by atoms with Crippen molar-refractivity contribution in [3.8, 4) is 11.1 Å². The van der Waals surface area contributed by atoms with Gasteiger partial charge in [-0.05, 0) is 84.8 Å². The second kappa shape index (κ2) is 8.28. The maximum absolute atomic E-state index is 13.5. The van der Waals surface area contributed by atoms with Gasteiger partial charge in [0, 0.05) is 18.9 Å². The van der Waals surface area contributed by atoms with Gasteiger partial charge in [-0.1, -0.05) is 24.6 Å². The highest BCUT2D eigenvalue weighted by atomic mass is 32.2. The Bertz CT molecular complexity index is 1180. The van der Waals surface area contributed by atoms with E-state index < -0.39 is 15.8 Å². The van der Waals surface area contributed by atoms with Crippen molar-refractivity contribution >= 4 is 10.0 Å². The maximum Gasteiger partial charge on any atom is 0.243 e. The summed E-state index contributed by atoms with van der Waals surface area (Å²) in [5.41, 5.74) is 4.62. The van der Waals surface area contributed by atoms with E-state index in [1.807, 2.05) is 37.4 Å². The number of aryl methyl sites for hydroxylation is 2. The average molecular weight is 425 g/mol. The standard InChI is InChI=1S/C24H25FN2O2S/c1-17-14-21(25)9-10-24(17)30(28,29)27-13-4-3-8-23(27)20-7-5-6-19(15-20)22-11-12-26-16-18(22)2/h5-7,9-12,14-16,23H,3-4,8,13H2,1-2H3. The number of aromatic nitrogens is 1. The molecule has 1 saturated heterocycles. The minimum absolute atomic E-state index is 0.178. The van der Waals surface area contributed by atoms with Gasteiger partial charge in [-0.2, -0.15) is 4.31 Å². The van der Waals surface area contributed by atoms with E-state index in [1.54, 1.807) is 17.4 Å². The summed E-state index contributed by atoms with van der Waals surface area (Å²) >= 11 is 0. The lowest BCUT2D eigenvalue weighted by Crippen LogP contribution is -2.38. The number of pyridine rings is 1. The van der Waals surface area contributed by atoms with Crippen molar-refractivity contribution in [2.45, 2.75) is 44.0 Å². The molecule has 4 nitrogen and oxygen atoms in total.